The van der Waals surface area contributed by atoms with Crippen molar-refractivity contribution in [3.8, 4) is 11.5 Å². The van der Waals surface area contributed by atoms with Crippen LogP contribution in [0.25, 0.3) is 0 Å². The maximum Gasteiger partial charge on any atom is 0.323 e. The van der Waals surface area contributed by atoms with Crippen molar-refractivity contribution in [3.05, 3.63) is 155 Å². The van der Waals surface area contributed by atoms with E-state index in [1.807, 2.05) is 6.07 Å². The number of primary amides is 1. The quantitative estimate of drug-likeness (QED) is 0.0371. The molecule has 0 spiro atoms. The number of para-hydroxylation sites is 1. The molecule has 23 nitrogen and oxygen atoms in total. The summed E-state index contributed by atoms with van der Waals surface area (Å²) in [4.78, 5) is 127. The number of nitrogens with two attached hydrogens (primary N) is 2. The summed E-state index contributed by atoms with van der Waals surface area (Å²) in [6.45, 7) is 2.06. The number of phenols is 2. The maximum absolute atomic E-state index is 14.9. The molecule has 0 aliphatic carbocycles. The summed E-state index contributed by atoms with van der Waals surface area (Å²) in [5.74, 6) is -7.13. The van der Waals surface area contributed by atoms with Gasteiger partial charge in [-0.3, -0.25) is 38.4 Å². The van der Waals surface area contributed by atoms with Gasteiger partial charge in [0.15, 0.2) is 0 Å². The van der Waals surface area contributed by atoms with E-state index < -0.39 is 102 Å². The molecule has 86 heavy (non-hydrogen) atoms. The summed E-state index contributed by atoms with van der Waals surface area (Å²) in [5.41, 5.74) is 15.3. The molecule has 458 valence electrons. The second-order valence-corrected chi connectivity index (χ2v) is 23.5. The van der Waals surface area contributed by atoms with E-state index in [0.717, 1.165) is 28.0 Å². The molecule has 1 unspecified atom stereocenters. The Kier molecular flexibility index (Phi) is 26.4. The van der Waals surface area contributed by atoms with Gasteiger partial charge in [-0.2, -0.15) is 0 Å². The smallest absolute Gasteiger partial charge is 0.323 e. The average molecular weight is 1240 g/mol. The van der Waals surface area contributed by atoms with Crippen LogP contribution in [0.4, 0.5) is 16.2 Å². The molecule has 16 N–H and O–H groups in total. The van der Waals surface area contributed by atoms with Crippen molar-refractivity contribution in [1.82, 2.24) is 42.5 Å². The molecule has 0 radical (unpaired) electrons. The number of benzene rings is 5. The molecule has 1 fully saturated rings. The summed E-state index contributed by atoms with van der Waals surface area (Å²) < 4.78 is 0. The summed E-state index contributed by atoms with van der Waals surface area (Å²) in [7, 11) is 3.82. The Balaban J connectivity index is 1.36. The topological polar surface area (TPSA) is 366 Å². The Bertz CT molecular complexity index is 3100. The lowest BCUT2D eigenvalue weighted by atomic mass is 10.0. The Morgan fingerprint density at radius 2 is 1.12 bits per heavy atom. The number of anilines is 2. The van der Waals surface area contributed by atoms with E-state index in [9.17, 15) is 53.4 Å². The van der Waals surface area contributed by atoms with Crippen molar-refractivity contribution >= 4 is 97.9 Å². The number of carbonyl (C=O) groups is 9. The van der Waals surface area contributed by atoms with Gasteiger partial charge in [0, 0.05) is 47.2 Å². The number of unbranched alkanes of at least 4 members (excludes halogenated alkanes) is 2. The van der Waals surface area contributed by atoms with E-state index in [1.54, 1.807) is 104 Å². The lowest BCUT2D eigenvalue weighted by Gasteiger charge is -2.28. The minimum atomic E-state index is -1.46. The summed E-state index contributed by atoms with van der Waals surface area (Å²) >= 11 is 6.10. The third kappa shape index (κ3) is 22.2. The number of aromatic hydroxyl groups is 2. The highest BCUT2D eigenvalue weighted by Crippen LogP contribution is 2.25. The molecule has 10 amide bonds. The Labute approximate surface area is 511 Å². The molecule has 5 aromatic carbocycles. The van der Waals surface area contributed by atoms with Gasteiger partial charge in [0.1, 0.15) is 53.8 Å². The lowest BCUT2D eigenvalue weighted by molar-refractivity contribution is -0.135. The van der Waals surface area contributed by atoms with Gasteiger partial charge in [-0.1, -0.05) is 113 Å². The molecule has 1 aliphatic heterocycles. The molecule has 0 aromatic heterocycles. The fourth-order valence-electron chi connectivity index (χ4n) is 8.86. The second-order valence-electron chi connectivity index (χ2n) is 20.5. The van der Waals surface area contributed by atoms with Gasteiger partial charge in [-0.15, -0.1) is 0 Å². The molecule has 1 aliphatic rings. The standard InChI is InChI=1S/C60H73ClN12O11S2/c1-35-53(77)72-50(58(82)69-47(52(63)76)30-38-16-24-43(74)25-17-38)33-85-86-34-51(73-54(78)45(62)29-36-12-20-40(61)21-13-36)59(83)71-49(32-39-18-26-44(75)27-19-39)57(81)70-48(56(80)68-46(55(79)65-35)11-7-4-8-28-64-2)31-37-14-22-42(23-15-37)67-60(84)66-41-9-5-3-6-10-41/h3,5-6,9-10,12-27,35,45-51,64,74-75H,4,7-8,11,28-34,62H2,1-2H3,(H2,63,76)(H,65,79)(H,68,80)(H,69,82)(H,70,81)(H,71,83)(H,72,77)(H,73,78)(H2,66,67,84)/t35-,45-,46-,47?,48+,49-,50-,51+/m0/s1. The summed E-state index contributed by atoms with van der Waals surface area (Å²) in [6.07, 6.45) is 1.49. The maximum atomic E-state index is 14.9. The lowest BCUT2D eigenvalue weighted by Crippen LogP contribution is -2.61. The highest BCUT2D eigenvalue weighted by molar-refractivity contribution is 8.76. The van der Waals surface area contributed by atoms with Crippen LogP contribution in [0.15, 0.2) is 127 Å². The van der Waals surface area contributed by atoms with Crippen molar-refractivity contribution in [3.63, 3.8) is 0 Å². The fraction of sp³-hybridized carbons (Fsp3) is 0.350. The van der Waals surface area contributed by atoms with E-state index in [0.29, 0.717) is 58.0 Å². The Morgan fingerprint density at radius 3 is 1.71 bits per heavy atom. The van der Waals surface area contributed by atoms with Crippen molar-refractivity contribution in [1.29, 1.82) is 0 Å². The van der Waals surface area contributed by atoms with Crippen LogP contribution in [0.5, 0.6) is 11.5 Å². The van der Waals surface area contributed by atoms with Crippen LogP contribution in [0.3, 0.4) is 0 Å². The number of nitrogens with one attached hydrogen (secondary N) is 10. The molecular weight excluding hydrogens is 1160 g/mol. The number of carbonyl (C=O) groups excluding carboxylic acids is 9. The van der Waals surface area contributed by atoms with Gasteiger partial charge in [-0.25, -0.2) is 4.79 Å². The Morgan fingerprint density at radius 1 is 0.605 bits per heavy atom. The molecule has 1 saturated heterocycles. The molecule has 0 saturated carbocycles. The average Bonchev–Trinajstić information content (AvgIpc) is 3.58. The SMILES string of the molecule is CNCCCCC[C@@H]1NC(=O)[C@@H](Cc2ccc(NC(=O)Nc3ccccc3)cc2)NC(=O)[C@H](Cc2ccc(O)cc2)NC(=O)[C@H](NC(=O)[C@@H](N)Cc2ccc(Cl)cc2)CSSC[C@@H](C(=O)NC(Cc2ccc(O)cc2)C(N)=O)NC(=O)[C@H](C)NC1=O. The number of hydrogen-bond acceptors (Lipinski definition) is 15. The predicted molar refractivity (Wildman–Crippen MR) is 332 cm³/mol. The number of phenolic OH excluding ortho intramolecular Hbond substituents is 2. The minimum Gasteiger partial charge on any atom is -0.508 e. The predicted octanol–water partition coefficient (Wildman–Crippen LogP) is 3.07. The summed E-state index contributed by atoms with van der Waals surface area (Å²) in [5, 5.41) is 48.1. The van der Waals surface area contributed by atoms with E-state index in [4.69, 9.17) is 23.1 Å². The third-order valence-electron chi connectivity index (χ3n) is 13.7. The summed E-state index contributed by atoms with van der Waals surface area (Å²) in [6, 6.07) is 22.3. The first kappa shape index (κ1) is 66.8. The van der Waals surface area contributed by atoms with Gasteiger partial charge in [0.2, 0.25) is 47.3 Å². The van der Waals surface area contributed by atoms with Gasteiger partial charge in [0.25, 0.3) is 0 Å². The van der Waals surface area contributed by atoms with Gasteiger partial charge in [-0.05, 0) is 123 Å². The van der Waals surface area contributed by atoms with Gasteiger partial charge in [0.05, 0.1) is 6.04 Å². The molecule has 26 heteroatoms. The van der Waals surface area contributed by atoms with Gasteiger partial charge < -0.3 is 74.8 Å². The first-order chi connectivity index (χ1) is 41.2. The Hall–Kier alpha value is -8.36. The zero-order valence-electron chi connectivity index (χ0n) is 47.4. The van der Waals surface area contributed by atoms with Crippen LogP contribution in [0.2, 0.25) is 5.02 Å². The largest absolute Gasteiger partial charge is 0.508 e. The van der Waals surface area contributed by atoms with E-state index in [-0.39, 0.29) is 55.1 Å². The van der Waals surface area contributed by atoms with Crippen molar-refractivity contribution in [2.75, 3.05) is 35.7 Å². The minimum absolute atomic E-state index is 0.0304. The van der Waals surface area contributed by atoms with Crippen LogP contribution in [-0.4, -0.2) is 137 Å². The van der Waals surface area contributed by atoms with Crippen LogP contribution in [0, 0.1) is 0 Å². The van der Waals surface area contributed by atoms with E-state index in [1.165, 1.54) is 31.2 Å². The second kappa shape index (κ2) is 34.0. The van der Waals surface area contributed by atoms with Crippen LogP contribution in [-0.2, 0) is 64.0 Å². The fourth-order valence-corrected chi connectivity index (χ4v) is 11.3. The number of hydrogen-bond donors (Lipinski definition) is 14. The zero-order valence-corrected chi connectivity index (χ0v) is 49.8. The van der Waals surface area contributed by atoms with Crippen LogP contribution in [0.1, 0.15) is 54.9 Å². The van der Waals surface area contributed by atoms with E-state index >= 15 is 0 Å². The van der Waals surface area contributed by atoms with Crippen molar-refractivity contribution in [2.45, 2.75) is 107 Å². The third-order valence-corrected chi connectivity index (χ3v) is 16.4. The first-order valence-electron chi connectivity index (χ1n) is 27.8. The van der Waals surface area contributed by atoms with Gasteiger partial charge >= 0.3 is 6.03 Å². The highest BCUT2D eigenvalue weighted by atomic mass is 35.5. The normalized spacial score (nSPS) is 19.8. The number of rotatable bonds is 21. The molecule has 0 bridgehead atoms. The molecular formula is C60H73ClN12O11S2. The van der Waals surface area contributed by atoms with Crippen LogP contribution >= 0.6 is 33.2 Å². The zero-order chi connectivity index (χ0) is 62.1. The van der Waals surface area contributed by atoms with Crippen LogP contribution < -0.4 is 64.6 Å². The highest BCUT2D eigenvalue weighted by Gasteiger charge is 2.35. The number of amides is 10. The molecule has 1 heterocycles. The van der Waals surface area contributed by atoms with E-state index in [2.05, 4.69) is 53.2 Å². The number of halogens is 1. The van der Waals surface area contributed by atoms with Crippen molar-refractivity contribution < 1.29 is 53.4 Å². The molecule has 8 atom stereocenters. The number of urea groups is 1. The molecule has 6 rings (SSSR count). The first-order valence-corrected chi connectivity index (χ1v) is 30.7. The molecule has 5 aromatic rings. The monoisotopic (exact) mass is 1240 g/mol. The van der Waals surface area contributed by atoms with Crippen molar-refractivity contribution in [2.24, 2.45) is 11.5 Å².